The van der Waals surface area contributed by atoms with Gasteiger partial charge in [0.05, 0.1) is 4.92 Å². The zero-order valence-corrected chi connectivity index (χ0v) is 9.88. The first-order valence-corrected chi connectivity index (χ1v) is 5.48. The number of hydrogen-bond donors (Lipinski definition) is 0. The minimum atomic E-state index is -0.495. The Balaban J connectivity index is 2.57. The largest absolute Gasteiger partial charge is 0.427 e. The number of non-ortho nitro benzene ring substituents is 1. The smallest absolute Gasteiger partial charge is 0.311 e. The SMILES string of the molecule is CC[C@H](C)CC(=O)Oc1ccc([N+](=O)[O-])cc1. The van der Waals surface area contributed by atoms with E-state index in [1.807, 2.05) is 13.8 Å². The highest BCUT2D eigenvalue weighted by atomic mass is 16.6. The molecule has 0 N–H and O–H groups in total. The molecule has 0 aliphatic rings. The molecule has 0 aromatic heterocycles. The molecule has 0 aliphatic heterocycles. The van der Waals surface area contributed by atoms with Crippen LogP contribution in [0.15, 0.2) is 24.3 Å². The third kappa shape index (κ3) is 4.22. The van der Waals surface area contributed by atoms with E-state index in [2.05, 4.69) is 0 Å². The number of hydrogen-bond acceptors (Lipinski definition) is 4. The summed E-state index contributed by atoms with van der Waals surface area (Å²) < 4.78 is 5.06. The standard InChI is InChI=1S/C12H15NO4/c1-3-9(2)8-12(14)17-11-6-4-10(5-7-11)13(15)16/h4-7,9H,3,8H2,1-2H3/t9-/m0/s1. The normalized spacial score (nSPS) is 11.9. The predicted molar refractivity (Wildman–Crippen MR) is 62.8 cm³/mol. The summed E-state index contributed by atoms with van der Waals surface area (Å²) in [7, 11) is 0. The van der Waals surface area contributed by atoms with Crippen molar-refractivity contribution in [3.8, 4) is 5.75 Å². The van der Waals surface area contributed by atoms with Crippen LogP contribution < -0.4 is 4.74 Å². The van der Waals surface area contributed by atoms with Gasteiger partial charge in [0, 0.05) is 18.6 Å². The lowest BCUT2D eigenvalue weighted by atomic mass is 10.1. The van der Waals surface area contributed by atoms with E-state index in [4.69, 9.17) is 4.74 Å². The van der Waals surface area contributed by atoms with E-state index in [1.165, 1.54) is 24.3 Å². The van der Waals surface area contributed by atoms with Crippen LogP contribution in [0.5, 0.6) is 5.75 Å². The van der Waals surface area contributed by atoms with Crippen molar-refractivity contribution in [2.24, 2.45) is 5.92 Å². The molecule has 5 nitrogen and oxygen atoms in total. The van der Waals surface area contributed by atoms with Crippen molar-refractivity contribution < 1.29 is 14.5 Å². The lowest BCUT2D eigenvalue weighted by molar-refractivity contribution is -0.384. The first-order valence-electron chi connectivity index (χ1n) is 5.48. The Bertz CT molecular complexity index is 399. The molecular formula is C12H15NO4. The molecule has 0 bridgehead atoms. The molecule has 17 heavy (non-hydrogen) atoms. The topological polar surface area (TPSA) is 69.4 Å². The number of nitro groups is 1. The van der Waals surface area contributed by atoms with Gasteiger partial charge in [-0.25, -0.2) is 0 Å². The summed E-state index contributed by atoms with van der Waals surface area (Å²) in [6.07, 6.45) is 1.27. The molecule has 0 aliphatic carbocycles. The maximum Gasteiger partial charge on any atom is 0.311 e. The molecule has 0 amide bonds. The fourth-order valence-corrected chi connectivity index (χ4v) is 1.24. The number of benzene rings is 1. The summed E-state index contributed by atoms with van der Waals surface area (Å²) in [6, 6.07) is 5.47. The van der Waals surface area contributed by atoms with Gasteiger partial charge in [0.2, 0.25) is 0 Å². The number of carbonyl (C=O) groups is 1. The second-order valence-electron chi connectivity index (χ2n) is 3.94. The van der Waals surface area contributed by atoms with Crippen LogP contribution in [0.3, 0.4) is 0 Å². The molecular weight excluding hydrogens is 222 g/mol. The molecule has 0 spiro atoms. The maximum atomic E-state index is 11.4. The summed E-state index contributed by atoms with van der Waals surface area (Å²) >= 11 is 0. The lowest BCUT2D eigenvalue weighted by Gasteiger charge is -2.07. The predicted octanol–water partition coefficient (Wildman–Crippen LogP) is 2.94. The Labute approximate surface area is 99.5 Å². The minimum Gasteiger partial charge on any atom is -0.427 e. The molecule has 0 unspecified atom stereocenters. The van der Waals surface area contributed by atoms with Crippen molar-refractivity contribution in [3.05, 3.63) is 34.4 Å². The van der Waals surface area contributed by atoms with Crippen molar-refractivity contribution in [2.45, 2.75) is 26.7 Å². The monoisotopic (exact) mass is 237 g/mol. The molecule has 0 radical (unpaired) electrons. The van der Waals surface area contributed by atoms with Crippen molar-refractivity contribution in [3.63, 3.8) is 0 Å². The van der Waals surface area contributed by atoms with Crippen molar-refractivity contribution in [2.75, 3.05) is 0 Å². The highest BCUT2D eigenvalue weighted by molar-refractivity contribution is 5.72. The van der Waals surface area contributed by atoms with Crippen molar-refractivity contribution >= 4 is 11.7 Å². The van der Waals surface area contributed by atoms with Gasteiger partial charge in [0.15, 0.2) is 0 Å². The first kappa shape index (κ1) is 13.2. The van der Waals surface area contributed by atoms with E-state index in [1.54, 1.807) is 0 Å². The summed E-state index contributed by atoms with van der Waals surface area (Å²) in [5.41, 5.74) is -0.0216. The van der Waals surface area contributed by atoms with Gasteiger partial charge in [-0.05, 0) is 18.1 Å². The molecule has 1 aromatic rings. The van der Waals surface area contributed by atoms with Crippen molar-refractivity contribution in [1.82, 2.24) is 0 Å². The Morgan fingerprint density at radius 1 is 1.41 bits per heavy atom. The molecule has 1 rings (SSSR count). The summed E-state index contributed by atoms with van der Waals surface area (Å²) in [6.45, 7) is 3.97. The third-order valence-corrected chi connectivity index (χ3v) is 2.49. The molecule has 5 heteroatoms. The first-order chi connectivity index (χ1) is 8.02. The van der Waals surface area contributed by atoms with Gasteiger partial charge in [-0.15, -0.1) is 0 Å². The lowest BCUT2D eigenvalue weighted by Crippen LogP contribution is -2.11. The van der Waals surface area contributed by atoms with E-state index in [0.29, 0.717) is 12.2 Å². The summed E-state index contributed by atoms with van der Waals surface area (Å²) in [5.74, 6) is 0.303. The quantitative estimate of drug-likeness (QED) is 0.341. The van der Waals surface area contributed by atoms with Crippen LogP contribution in [0.25, 0.3) is 0 Å². The van der Waals surface area contributed by atoms with Gasteiger partial charge >= 0.3 is 5.97 Å². The van der Waals surface area contributed by atoms with Crippen LogP contribution in [0.1, 0.15) is 26.7 Å². The molecule has 0 fully saturated rings. The molecule has 1 atom stereocenters. The minimum absolute atomic E-state index is 0.0216. The molecule has 0 saturated carbocycles. The van der Waals surface area contributed by atoms with E-state index in [9.17, 15) is 14.9 Å². The number of rotatable bonds is 5. The Morgan fingerprint density at radius 2 is 2.00 bits per heavy atom. The fourth-order valence-electron chi connectivity index (χ4n) is 1.24. The Hall–Kier alpha value is -1.91. The average molecular weight is 237 g/mol. The zero-order chi connectivity index (χ0) is 12.8. The summed E-state index contributed by atoms with van der Waals surface area (Å²) in [4.78, 5) is 21.4. The molecule has 92 valence electrons. The number of nitro benzene ring substituents is 1. The van der Waals surface area contributed by atoms with Gasteiger partial charge in [0.25, 0.3) is 5.69 Å². The average Bonchev–Trinajstić information content (AvgIpc) is 2.29. The second-order valence-corrected chi connectivity index (χ2v) is 3.94. The van der Waals surface area contributed by atoms with Crippen LogP contribution in [0, 0.1) is 16.0 Å². The van der Waals surface area contributed by atoms with E-state index < -0.39 is 4.92 Å². The van der Waals surface area contributed by atoms with Gasteiger partial charge < -0.3 is 4.74 Å². The zero-order valence-electron chi connectivity index (χ0n) is 9.88. The number of carbonyl (C=O) groups excluding carboxylic acids is 1. The van der Waals surface area contributed by atoms with E-state index in [0.717, 1.165) is 6.42 Å². The number of nitrogens with zero attached hydrogens (tertiary/aromatic N) is 1. The van der Waals surface area contributed by atoms with Crippen molar-refractivity contribution in [1.29, 1.82) is 0 Å². The Morgan fingerprint density at radius 3 is 2.47 bits per heavy atom. The van der Waals surface area contributed by atoms with E-state index in [-0.39, 0.29) is 17.6 Å². The second kappa shape index (κ2) is 5.98. The molecule has 1 aromatic carbocycles. The van der Waals surface area contributed by atoms with Gasteiger partial charge in [0.1, 0.15) is 5.75 Å². The van der Waals surface area contributed by atoms with Gasteiger partial charge in [-0.1, -0.05) is 20.3 Å². The highest BCUT2D eigenvalue weighted by Crippen LogP contribution is 2.18. The Kier molecular flexibility index (Phi) is 4.63. The fraction of sp³-hybridized carbons (Fsp3) is 0.417. The molecule has 0 heterocycles. The van der Waals surface area contributed by atoms with Crippen LogP contribution in [0.4, 0.5) is 5.69 Å². The van der Waals surface area contributed by atoms with Crippen LogP contribution in [-0.4, -0.2) is 10.9 Å². The van der Waals surface area contributed by atoms with E-state index >= 15 is 0 Å². The molecule has 0 saturated heterocycles. The number of esters is 1. The van der Waals surface area contributed by atoms with Gasteiger partial charge in [-0.3, -0.25) is 14.9 Å². The summed E-state index contributed by atoms with van der Waals surface area (Å²) in [5, 5.41) is 10.4. The maximum absolute atomic E-state index is 11.4. The highest BCUT2D eigenvalue weighted by Gasteiger charge is 2.11. The van der Waals surface area contributed by atoms with Crippen LogP contribution in [0.2, 0.25) is 0 Å². The number of ether oxygens (including phenoxy) is 1. The third-order valence-electron chi connectivity index (χ3n) is 2.49. The van der Waals surface area contributed by atoms with Crippen LogP contribution in [-0.2, 0) is 4.79 Å². The van der Waals surface area contributed by atoms with Crippen LogP contribution >= 0.6 is 0 Å². The van der Waals surface area contributed by atoms with Gasteiger partial charge in [-0.2, -0.15) is 0 Å².